The Labute approximate surface area is 104 Å². The number of hydrogen-bond acceptors (Lipinski definition) is 2. The normalized spacial score (nSPS) is 11.2. The number of nitrogens with two attached hydrogens (primary N) is 1. The van der Waals surface area contributed by atoms with Gasteiger partial charge in [0.2, 0.25) is 5.91 Å². The summed E-state index contributed by atoms with van der Waals surface area (Å²) in [6.45, 7) is 6.76. The van der Waals surface area contributed by atoms with E-state index in [-0.39, 0.29) is 5.91 Å². The second kappa shape index (κ2) is 6.84. The number of rotatable bonds is 7. The average Bonchev–Trinajstić information content (AvgIpc) is 2.26. The summed E-state index contributed by atoms with van der Waals surface area (Å²) in [7, 11) is 1.81. The fourth-order valence-electron chi connectivity index (χ4n) is 2.05. The molecule has 0 aromatic heterocycles. The van der Waals surface area contributed by atoms with E-state index >= 15 is 0 Å². The number of amides is 1. The van der Waals surface area contributed by atoms with E-state index in [0.717, 1.165) is 25.7 Å². The molecule has 0 aromatic rings. The highest BCUT2D eigenvalue weighted by Crippen LogP contribution is 2.32. The summed E-state index contributed by atoms with van der Waals surface area (Å²) in [6, 6.07) is 0. The lowest BCUT2D eigenvalue weighted by atomic mass is 9.77. The first-order valence-corrected chi connectivity index (χ1v) is 6.42. The maximum absolute atomic E-state index is 12.4. The highest BCUT2D eigenvalue weighted by atomic mass is 32.1. The number of nitrogens with zero attached hydrogens (tertiary/aromatic N) is 1. The van der Waals surface area contributed by atoms with Crippen molar-refractivity contribution in [1.82, 2.24) is 4.90 Å². The molecule has 16 heavy (non-hydrogen) atoms. The van der Waals surface area contributed by atoms with Crippen molar-refractivity contribution in [2.24, 2.45) is 11.1 Å². The Morgan fingerprint density at radius 3 is 1.94 bits per heavy atom. The SMILES string of the molecule is CCCC(CCC)(C(=O)N(C)CC)C(N)=S. The maximum Gasteiger partial charge on any atom is 0.235 e. The van der Waals surface area contributed by atoms with Gasteiger partial charge in [0.05, 0.1) is 10.4 Å². The molecular formula is C12H24N2OS. The van der Waals surface area contributed by atoms with E-state index in [1.54, 1.807) is 11.9 Å². The van der Waals surface area contributed by atoms with Crippen LogP contribution in [0.15, 0.2) is 0 Å². The van der Waals surface area contributed by atoms with Crippen LogP contribution in [0.4, 0.5) is 0 Å². The van der Waals surface area contributed by atoms with Crippen molar-refractivity contribution in [3.8, 4) is 0 Å². The molecule has 0 radical (unpaired) electrons. The standard InChI is InChI=1S/C12H24N2OS/c1-5-8-12(9-6-2,10(13)16)11(15)14(4)7-3/h5-9H2,1-4H3,(H2,13,16). The van der Waals surface area contributed by atoms with Gasteiger partial charge in [-0.3, -0.25) is 4.79 Å². The van der Waals surface area contributed by atoms with E-state index in [2.05, 4.69) is 13.8 Å². The molecule has 3 nitrogen and oxygen atoms in total. The first-order chi connectivity index (χ1) is 7.46. The smallest absolute Gasteiger partial charge is 0.235 e. The Morgan fingerprint density at radius 2 is 1.69 bits per heavy atom. The van der Waals surface area contributed by atoms with Crippen molar-refractivity contribution in [2.75, 3.05) is 13.6 Å². The topological polar surface area (TPSA) is 46.3 Å². The Hall–Kier alpha value is -0.640. The van der Waals surface area contributed by atoms with Crippen LogP contribution in [0.25, 0.3) is 0 Å². The van der Waals surface area contributed by atoms with E-state index in [4.69, 9.17) is 18.0 Å². The zero-order chi connectivity index (χ0) is 12.8. The van der Waals surface area contributed by atoms with Gasteiger partial charge in [0.25, 0.3) is 0 Å². The summed E-state index contributed by atoms with van der Waals surface area (Å²) < 4.78 is 0. The summed E-state index contributed by atoms with van der Waals surface area (Å²) >= 11 is 5.13. The highest BCUT2D eigenvalue weighted by molar-refractivity contribution is 7.80. The minimum Gasteiger partial charge on any atom is -0.392 e. The van der Waals surface area contributed by atoms with Gasteiger partial charge in [-0.05, 0) is 19.8 Å². The Balaban J connectivity index is 5.15. The van der Waals surface area contributed by atoms with Crippen LogP contribution >= 0.6 is 12.2 Å². The number of carbonyl (C=O) groups is 1. The van der Waals surface area contributed by atoms with Gasteiger partial charge >= 0.3 is 0 Å². The van der Waals surface area contributed by atoms with E-state index in [9.17, 15) is 4.79 Å². The zero-order valence-corrected chi connectivity index (χ0v) is 11.7. The molecule has 0 fully saturated rings. The quantitative estimate of drug-likeness (QED) is 0.699. The fourth-order valence-corrected chi connectivity index (χ4v) is 2.34. The molecule has 94 valence electrons. The van der Waals surface area contributed by atoms with Gasteiger partial charge in [0, 0.05) is 13.6 Å². The summed E-state index contributed by atoms with van der Waals surface area (Å²) in [4.78, 5) is 14.4. The summed E-state index contributed by atoms with van der Waals surface area (Å²) in [6.07, 6.45) is 3.33. The number of carbonyl (C=O) groups excluding carboxylic acids is 1. The molecule has 0 heterocycles. The van der Waals surface area contributed by atoms with Crippen LogP contribution in [0.5, 0.6) is 0 Å². The second-order valence-electron chi connectivity index (χ2n) is 4.27. The van der Waals surface area contributed by atoms with E-state index in [0.29, 0.717) is 11.5 Å². The second-order valence-corrected chi connectivity index (χ2v) is 4.71. The molecule has 0 saturated carbocycles. The van der Waals surface area contributed by atoms with Crippen LogP contribution in [0.3, 0.4) is 0 Å². The average molecular weight is 244 g/mol. The van der Waals surface area contributed by atoms with Crippen molar-refractivity contribution in [3.05, 3.63) is 0 Å². The summed E-state index contributed by atoms with van der Waals surface area (Å²) in [5.74, 6) is 0.0752. The van der Waals surface area contributed by atoms with Gasteiger partial charge < -0.3 is 10.6 Å². The van der Waals surface area contributed by atoms with Crippen LogP contribution in [-0.2, 0) is 4.79 Å². The number of hydrogen-bond donors (Lipinski definition) is 1. The van der Waals surface area contributed by atoms with Crippen LogP contribution < -0.4 is 5.73 Å². The minimum absolute atomic E-state index is 0.0752. The van der Waals surface area contributed by atoms with Gasteiger partial charge in [-0.1, -0.05) is 38.9 Å². The summed E-state index contributed by atoms with van der Waals surface area (Å²) in [5.41, 5.74) is 5.20. The van der Waals surface area contributed by atoms with Gasteiger partial charge in [0.15, 0.2) is 0 Å². The molecule has 2 N–H and O–H groups in total. The third-order valence-electron chi connectivity index (χ3n) is 3.06. The lowest BCUT2D eigenvalue weighted by molar-refractivity contribution is -0.137. The third-order valence-corrected chi connectivity index (χ3v) is 3.45. The first kappa shape index (κ1) is 15.4. The van der Waals surface area contributed by atoms with Crippen molar-refractivity contribution < 1.29 is 4.79 Å². The van der Waals surface area contributed by atoms with Crippen molar-refractivity contribution in [2.45, 2.75) is 46.5 Å². The molecule has 0 saturated heterocycles. The van der Waals surface area contributed by atoms with Crippen molar-refractivity contribution in [3.63, 3.8) is 0 Å². The lowest BCUT2D eigenvalue weighted by Gasteiger charge is -2.34. The molecule has 0 bridgehead atoms. The van der Waals surface area contributed by atoms with Crippen molar-refractivity contribution >= 4 is 23.1 Å². The van der Waals surface area contributed by atoms with Gasteiger partial charge in [-0.15, -0.1) is 0 Å². The minimum atomic E-state index is -0.621. The van der Waals surface area contributed by atoms with Crippen LogP contribution in [0, 0.1) is 5.41 Å². The molecular weight excluding hydrogens is 220 g/mol. The predicted octanol–water partition coefficient (Wildman–Crippen LogP) is 2.34. The van der Waals surface area contributed by atoms with Crippen molar-refractivity contribution in [1.29, 1.82) is 0 Å². The van der Waals surface area contributed by atoms with Crippen LogP contribution in [0.1, 0.15) is 46.5 Å². The van der Waals surface area contributed by atoms with Gasteiger partial charge in [-0.25, -0.2) is 0 Å². The molecule has 4 heteroatoms. The number of thiocarbonyl (C=S) groups is 1. The van der Waals surface area contributed by atoms with Gasteiger partial charge in [0.1, 0.15) is 0 Å². The van der Waals surface area contributed by atoms with Crippen LogP contribution in [0.2, 0.25) is 0 Å². The molecule has 0 rings (SSSR count). The Kier molecular flexibility index (Phi) is 6.56. The Bertz CT molecular complexity index is 247. The van der Waals surface area contributed by atoms with Crippen LogP contribution in [-0.4, -0.2) is 29.4 Å². The zero-order valence-electron chi connectivity index (χ0n) is 10.9. The maximum atomic E-state index is 12.4. The molecule has 1 amide bonds. The molecule has 0 aliphatic heterocycles. The molecule has 0 aromatic carbocycles. The van der Waals surface area contributed by atoms with E-state index in [1.165, 1.54) is 0 Å². The monoisotopic (exact) mass is 244 g/mol. The molecule has 0 spiro atoms. The lowest BCUT2D eigenvalue weighted by Crippen LogP contribution is -2.49. The summed E-state index contributed by atoms with van der Waals surface area (Å²) in [5, 5.41) is 0. The fraction of sp³-hybridized carbons (Fsp3) is 0.833. The molecule has 0 aliphatic rings. The van der Waals surface area contributed by atoms with Gasteiger partial charge in [-0.2, -0.15) is 0 Å². The molecule has 0 aliphatic carbocycles. The largest absolute Gasteiger partial charge is 0.392 e. The Morgan fingerprint density at radius 1 is 1.25 bits per heavy atom. The molecule has 0 unspecified atom stereocenters. The predicted molar refractivity (Wildman–Crippen MR) is 72.3 cm³/mol. The van der Waals surface area contributed by atoms with E-state index < -0.39 is 5.41 Å². The highest BCUT2D eigenvalue weighted by Gasteiger charge is 2.41. The molecule has 0 atom stereocenters. The van der Waals surface area contributed by atoms with E-state index in [1.807, 2.05) is 6.92 Å². The third kappa shape index (κ3) is 3.17. The first-order valence-electron chi connectivity index (χ1n) is 6.01.